The molecule has 6 nitrogen and oxygen atoms in total. The van der Waals surface area contributed by atoms with Gasteiger partial charge in [0, 0.05) is 27.8 Å². The van der Waals surface area contributed by atoms with Crippen LogP contribution in [-0.2, 0) is 0 Å². The number of carbonyl (C=O) groups is 4. The SMILES string of the molecule is Cc1ccc(C(=O)Nc2ccc3c(c2NC(=O)c2ccc(C)cc2)C(=O)c2ccccc2C3=O)cc1. The predicted molar refractivity (Wildman–Crippen MR) is 138 cm³/mol. The zero-order chi connectivity index (χ0) is 25.4. The third-order valence-electron chi connectivity index (χ3n) is 6.21. The highest BCUT2D eigenvalue weighted by Crippen LogP contribution is 2.37. The van der Waals surface area contributed by atoms with E-state index in [1.54, 1.807) is 60.7 Å². The summed E-state index contributed by atoms with van der Waals surface area (Å²) in [5, 5.41) is 5.60. The molecule has 0 unspecified atom stereocenters. The minimum atomic E-state index is -0.464. The molecule has 0 atom stereocenters. The fourth-order valence-corrected chi connectivity index (χ4v) is 4.21. The quantitative estimate of drug-likeness (QED) is 0.356. The Morgan fingerprint density at radius 2 is 1.06 bits per heavy atom. The molecule has 6 heteroatoms. The van der Waals surface area contributed by atoms with Crippen LogP contribution in [0.3, 0.4) is 0 Å². The van der Waals surface area contributed by atoms with Gasteiger partial charge in [0.25, 0.3) is 11.8 Å². The van der Waals surface area contributed by atoms with Crippen molar-refractivity contribution >= 4 is 34.8 Å². The molecule has 4 aromatic rings. The van der Waals surface area contributed by atoms with E-state index in [-0.39, 0.29) is 33.8 Å². The van der Waals surface area contributed by atoms with E-state index in [1.807, 2.05) is 26.0 Å². The second kappa shape index (κ2) is 9.07. The molecule has 0 fully saturated rings. The largest absolute Gasteiger partial charge is 0.320 e. The van der Waals surface area contributed by atoms with Gasteiger partial charge in [-0.1, -0.05) is 59.7 Å². The van der Waals surface area contributed by atoms with Crippen molar-refractivity contribution in [1.82, 2.24) is 0 Å². The average Bonchev–Trinajstić information content (AvgIpc) is 2.88. The number of hydrogen-bond donors (Lipinski definition) is 2. The summed E-state index contributed by atoms with van der Waals surface area (Å²) >= 11 is 0. The number of carbonyl (C=O) groups excluding carboxylic acids is 4. The normalized spacial score (nSPS) is 11.9. The van der Waals surface area contributed by atoms with Gasteiger partial charge in [-0.05, 0) is 50.2 Å². The van der Waals surface area contributed by atoms with Gasteiger partial charge < -0.3 is 10.6 Å². The van der Waals surface area contributed by atoms with Gasteiger partial charge in [0.1, 0.15) is 0 Å². The molecule has 2 N–H and O–H groups in total. The van der Waals surface area contributed by atoms with E-state index >= 15 is 0 Å². The Bertz CT molecular complexity index is 1550. The Balaban J connectivity index is 1.61. The number of anilines is 2. The molecule has 36 heavy (non-hydrogen) atoms. The minimum Gasteiger partial charge on any atom is -0.320 e. The molecule has 2 amide bonds. The number of hydrogen-bond acceptors (Lipinski definition) is 4. The van der Waals surface area contributed by atoms with Crippen LogP contribution in [0.4, 0.5) is 11.4 Å². The van der Waals surface area contributed by atoms with Crippen LogP contribution in [0.1, 0.15) is 63.7 Å². The smallest absolute Gasteiger partial charge is 0.255 e. The fourth-order valence-electron chi connectivity index (χ4n) is 4.21. The van der Waals surface area contributed by atoms with Crippen LogP contribution in [0.2, 0.25) is 0 Å². The molecular formula is C30H22N2O4. The van der Waals surface area contributed by atoms with Gasteiger partial charge in [-0.15, -0.1) is 0 Å². The molecule has 0 radical (unpaired) electrons. The van der Waals surface area contributed by atoms with Crippen LogP contribution in [0.25, 0.3) is 0 Å². The van der Waals surface area contributed by atoms with Gasteiger partial charge in [0.2, 0.25) is 0 Å². The number of benzene rings is 4. The van der Waals surface area contributed by atoms with Gasteiger partial charge in [0.05, 0.1) is 16.9 Å². The summed E-state index contributed by atoms with van der Waals surface area (Å²) in [4.78, 5) is 53.0. The van der Waals surface area contributed by atoms with Crippen LogP contribution in [0, 0.1) is 13.8 Å². The Kier molecular flexibility index (Phi) is 5.78. The highest BCUT2D eigenvalue weighted by Gasteiger charge is 2.33. The Labute approximate surface area is 208 Å². The topological polar surface area (TPSA) is 92.3 Å². The molecule has 5 rings (SSSR count). The zero-order valence-electron chi connectivity index (χ0n) is 19.7. The predicted octanol–water partition coefficient (Wildman–Crippen LogP) is 5.58. The van der Waals surface area contributed by atoms with E-state index in [1.165, 1.54) is 12.1 Å². The first-order chi connectivity index (χ1) is 17.3. The molecule has 0 saturated heterocycles. The lowest BCUT2D eigenvalue weighted by Crippen LogP contribution is -2.25. The number of ketones is 2. The van der Waals surface area contributed by atoms with Crippen LogP contribution < -0.4 is 10.6 Å². The first kappa shape index (κ1) is 22.9. The second-order valence-electron chi connectivity index (χ2n) is 8.75. The summed E-state index contributed by atoms with van der Waals surface area (Å²) in [6.45, 7) is 3.83. The first-order valence-electron chi connectivity index (χ1n) is 11.4. The molecule has 0 aliphatic heterocycles. The van der Waals surface area contributed by atoms with Crippen molar-refractivity contribution in [3.8, 4) is 0 Å². The maximum Gasteiger partial charge on any atom is 0.255 e. The molecule has 176 valence electrons. The summed E-state index contributed by atoms with van der Waals surface area (Å²) in [5.41, 5.74) is 3.90. The van der Waals surface area contributed by atoms with Crippen LogP contribution >= 0.6 is 0 Å². The third-order valence-corrected chi connectivity index (χ3v) is 6.21. The van der Waals surface area contributed by atoms with Crippen molar-refractivity contribution in [2.75, 3.05) is 10.6 Å². The highest BCUT2D eigenvalue weighted by atomic mass is 16.2. The van der Waals surface area contributed by atoms with Crippen molar-refractivity contribution in [3.63, 3.8) is 0 Å². The molecule has 0 saturated carbocycles. The minimum absolute atomic E-state index is 0.0564. The van der Waals surface area contributed by atoms with E-state index in [2.05, 4.69) is 10.6 Å². The van der Waals surface area contributed by atoms with E-state index in [0.717, 1.165) is 11.1 Å². The Morgan fingerprint density at radius 1 is 0.556 bits per heavy atom. The summed E-state index contributed by atoms with van der Waals surface area (Å²) in [6.07, 6.45) is 0. The van der Waals surface area contributed by atoms with E-state index in [9.17, 15) is 19.2 Å². The molecule has 1 aliphatic carbocycles. The second-order valence-corrected chi connectivity index (χ2v) is 8.75. The van der Waals surface area contributed by atoms with Crippen molar-refractivity contribution in [2.24, 2.45) is 0 Å². The maximum atomic E-state index is 13.6. The van der Waals surface area contributed by atoms with Crippen molar-refractivity contribution in [2.45, 2.75) is 13.8 Å². The van der Waals surface area contributed by atoms with E-state index in [4.69, 9.17) is 0 Å². The lowest BCUT2D eigenvalue weighted by molar-refractivity contribution is 0.0978. The van der Waals surface area contributed by atoms with E-state index < -0.39 is 17.6 Å². The fraction of sp³-hybridized carbons (Fsp3) is 0.0667. The molecule has 0 heterocycles. The molecule has 0 bridgehead atoms. The summed E-state index contributed by atoms with van der Waals surface area (Å²) in [7, 11) is 0. The zero-order valence-corrected chi connectivity index (χ0v) is 19.7. The third kappa shape index (κ3) is 4.09. The molecule has 1 aliphatic rings. The average molecular weight is 475 g/mol. The van der Waals surface area contributed by atoms with Crippen LogP contribution in [-0.4, -0.2) is 23.4 Å². The standard InChI is InChI=1S/C30H22N2O4/c1-17-7-11-19(12-8-17)29(35)31-24-16-15-23-25(28(34)22-6-4-3-5-21(22)27(23)33)26(24)32-30(36)20-13-9-18(2)10-14-20/h3-16H,1-2H3,(H,31,35)(H,32,36). The lowest BCUT2D eigenvalue weighted by atomic mass is 9.82. The van der Waals surface area contributed by atoms with Gasteiger partial charge in [-0.2, -0.15) is 0 Å². The summed E-state index contributed by atoms with van der Waals surface area (Å²) < 4.78 is 0. The van der Waals surface area contributed by atoms with Crippen molar-refractivity contribution < 1.29 is 19.2 Å². The monoisotopic (exact) mass is 474 g/mol. The Morgan fingerprint density at radius 3 is 1.61 bits per heavy atom. The molecule has 0 aromatic heterocycles. The van der Waals surface area contributed by atoms with Gasteiger partial charge in [0.15, 0.2) is 11.6 Å². The lowest BCUT2D eigenvalue weighted by Gasteiger charge is -2.23. The number of aryl methyl sites for hydroxylation is 2. The highest BCUT2D eigenvalue weighted by molar-refractivity contribution is 6.32. The maximum absolute atomic E-state index is 13.6. The number of rotatable bonds is 4. The van der Waals surface area contributed by atoms with Gasteiger partial charge >= 0.3 is 0 Å². The number of fused-ring (bicyclic) bond motifs is 2. The summed E-state index contributed by atoms with van der Waals surface area (Å²) in [6, 6.07) is 23.6. The van der Waals surface area contributed by atoms with Crippen LogP contribution in [0.5, 0.6) is 0 Å². The van der Waals surface area contributed by atoms with Crippen molar-refractivity contribution in [1.29, 1.82) is 0 Å². The van der Waals surface area contributed by atoms with E-state index in [0.29, 0.717) is 16.7 Å². The Hall–Kier alpha value is -4.84. The molecule has 4 aromatic carbocycles. The first-order valence-corrected chi connectivity index (χ1v) is 11.4. The molecule has 0 spiro atoms. The summed E-state index contributed by atoms with van der Waals surface area (Å²) in [5.74, 6) is -1.59. The van der Waals surface area contributed by atoms with Gasteiger partial charge in [-0.3, -0.25) is 19.2 Å². The van der Waals surface area contributed by atoms with Crippen molar-refractivity contribution in [3.05, 3.63) is 129 Å². The van der Waals surface area contributed by atoms with Gasteiger partial charge in [-0.25, -0.2) is 0 Å². The molecular weight excluding hydrogens is 452 g/mol. The number of amides is 2. The number of nitrogens with one attached hydrogen (secondary N) is 2. The van der Waals surface area contributed by atoms with Crippen LogP contribution in [0.15, 0.2) is 84.9 Å².